The summed E-state index contributed by atoms with van der Waals surface area (Å²) in [6.45, 7) is 9.79. The lowest BCUT2D eigenvalue weighted by atomic mass is 9.94. The highest BCUT2D eigenvalue weighted by Gasteiger charge is 2.37. The zero-order chi connectivity index (χ0) is 18.0. The van der Waals surface area contributed by atoms with Gasteiger partial charge in [-0.05, 0) is 62.3 Å². The fourth-order valence-electron chi connectivity index (χ4n) is 3.58. The topological polar surface area (TPSA) is 40.6 Å². The monoisotopic (exact) mass is 340 g/mol. The molecule has 0 N–H and O–H groups in total. The third-order valence-corrected chi connectivity index (χ3v) is 5.53. The van der Waals surface area contributed by atoms with Crippen molar-refractivity contribution in [3.05, 3.63) is 47.5 Å². The molecular formula is C21H28N2O2. The minimum Gasteiger partial charge on any atom is -0.339 e. The molecule has 1 heterocycles. The van der Waals surface area contributed by atoms with Crippen molar-refractivity contribution < 1.29 is 9.59 Å². The molecule has 2 aliphatic rings. The molecular weight excluding hydrogens is 312 g/mol. The van der Waals surface area contributed by atoms with Gasteiger partial charge in [0.1, 0.15) is 0 Å². The Labute approximate surface area is 150 Å². The molecule has 1 aromatic rings. The van der Waals surface area contributed by atoms with Crippen LogP contribution in [0.3, 0.4) is 0 Å². The summed E-state index contributed by atoms with van der Waals surface area (Å²) in [6.07, 6.45) is 5.11. The molecule has 2 amide bonds. The van der Waals surface area contributed by atoms with Crippen molar-refractivity contribution in [1.82, 2.24) is 9.80 Å². The largest absolute Gasteiger partial charge is 0.339 e. The van der Waals surface area contributed by atoms with Crippen LogP contribution in [0.5, 0.6) is 0 Å². The molecule has 1 aromatic carbocycles. The first-order chi connectivity index (χ1) is 12.0. The minimum atomic E-state index is -0.0277. The highest BCUT2D eigenvalue weighted by atomic mass is 16.2. The van der Waals surface area contributed by atoms with Crippen LogP contribution >= 0.6 is 0 Å². The van der Waals surface area contributed by atoms with Gasteiger partial charge in [0.2, 0.25) is 11.8 Å². The number of amides is 2. The number of aryl methyl sites for hydroxylation is 2. The van der Waals surface area contributed by atoms with Crippen molar-refractivity contribution in [3.8, 4) is 0 Å². The second-order valence-corrected chi connectivity index (χ2v) is 7.42. The van der Waals surface area contributed by atoms with Crippen LogP contribution in [0.4, 0.5) is 0 Å². The highest BCUT2D eigenvalue weighted by Crippen LogP contribution is 2.32. The Morgan fingerprint density at radius 3 is 2.40 bits per heavy atom. The van der Waals surface area contributed by atoms with Crippen LogP contribution in [0.2, 0.25) is 0 Å². The lowest BCUT2D eigenvalue weighted by Gasteiger charge is -2.34. The average molecular weight is 340 g/mol. The molecule has 0 bridgehead atoms. The first-order valence-electron chi connectivity index (χ1n) is 9.27. The molecule has 1 saturated heterocycles. The van der Waals surface area contributed by atoms with E-state index in [4.69, 9.17) is 0 Å². The molecule has 134 valence electrons. The third-order valence-electron chi connectivity index (χ3n) is 5.53. The maximum atomic E-state index is 13.1. The lowest BCUT2D eigenvalue weighted by molar-refractivity contribution is -0.140. The number of carbonyl (C=O) groups excluding carboxylic acids is 2. The molecule has 3 rings (SSSR count). The Bertz CT molecular complexity index is 670. The van der Waals surface area contributed by atoms with Crippen LogP contribution in [0.25, 0.3) is 0 Å². The fraction of sp³-hybridized carbons (Fsp3) is 0.524. The maximum Gasteiger partial charge on any atom is 0.245 e. The first-order valence-corrected chi connectivity index (χ1v) is 9.27. The Balaban J connectivity index is 1.65. The summed E-state index contributed by atoms with van der Waals surface area (Å²) in [5.41, 5.74) is 3.77. The van der Waals surface area contributed by atoms with Crippen LogP contribution in [0.1, 0.15) is 42.4 Å². The smallest absolute Gasteiger partial charge is 0.245 e. The predicted octanol–water partition coefficient (Wildman–Crippen LogP) is 3.22. The average Bonchev–Trinajstić information content (AvgIpc) is 3.46. The third kappa shape index (κ3) is 4.12. The van der Waals surface area contributed by atoms with Gasteiger partial charge in [-0.15, -0.1) is 0 Å². The number of likely N-dealkylation sites (tertiary alicyclic amines) is 1. The molecule has 2 fully saturated rings. The highest BCUT2D eigenvalue weighted by molar-refractivity contribution is 5.87. The normalized spacial score (nSPS) is 18.1. The molecule has 4 nitrogen and oxygen atoms in total. The zero-order valence-corrected chi connectivity index (χ0v) is 15.3. The van der Waals surface area contributed by atoms with Crippen molar-refractivity contribution in [1.29, 1.82) is 0 Å². The zero-order valence-electron chi connectivity index (χ0n) is 15.3. The van der Waals surface area contributed by atoms with Gasteiger partial charge in [0.05, 0.1) is 0 Å². The van der Waals surface area contributed by atoms with Crippen molar-refractivity contribution in [2.24, 2.45) is 5.92 Å². The quantitative estimate of drug-likeness (QED) is 0.772. The Kier molecular flexibility index (Phi) is 5.26. The van der Waals surface area contributed by atoms with E-state index in [2.05, 4.69) is 43.5 Å². The van der Waals surface area contributed by atoms with E-state index in [9.17, 15) is 9.59 Å². The van der Waals surface area contributed by atoms with Crippen molar-refractivity contribution in [2.45, 2.75) is 52.1 Å². The van der Waals surface area contributed by atoms with Gasteiger partial charge in [-0.2, -0.15) is 0 Å². The molecule has 1 aliphatic carbocycles. The number of hydrogen-bond donors (Lipinski definition) is 0. The molecule has 1 saturated carbocycles. The molecule has 1 aliphatic heterocycles. The molecule has 0 unspecified atom stereocenters. The van der Waals surface area contributed by atoms with Gasteiger partial charge in [-0.3, -0.25) is 9.59 Å². The van der Waals surface area contributed by atoms with Crippen LogP contribution in [-0.2, 0) is 16.1 Å². The molecule has 25 heavy (non-hydrogen) atoms. The molecule has 0 aromatic heterocycles. The summed E-state index contributed by atoms with van der Waals surface area (Å²) in [6, 6.07) is 6.88. The Hall–Kier alpha value is -2.10. The lowest BCUT2D eigenvalue weighted by Crippen LogP contribution is -2.44. The number of hydrogen-bond acceptors (Lipinski definition) is 2. The molecule has 4 heteroatoms. The van der Waals surface area contributed by atoms with Gasteiger partial charge in [0, 0.05) is 31.6 Å². The van der Waals surface area contributed by atoms with E-state index in [0.29, 0.717) is 25.7 Å². The van der Waals surface area contributed by atoms with Gasteiger partial charge < -0.3 is 9.80 Å². The molecule has 0 radical (unpaired) electrons. The van der Waals surface area contributed by atoms with Crippen LogP contribution in [-0.4, -0.2) is 40.7 Å². The summed E-state index contributed by atoms with van der Waals surface area (Å²) < 4.78 is 0. The first kappa shape index (κ1) is 17.7. The second-order valence-electron chi connectivity index (χ2n) is 7.42. The summed E-state index contributed by atoms with van der Waals surface area (Å²) in [4.78, 5) is 28.7. The number of nitrogens with zero attached hydrogens (tertiary/aromatic N) is 2. The predicted molar refractivity (Wildman–Crippen MR) is 99.0 cm³/mol. The van der Waals surface area contributed by atoms with Crippen LogP contribution < -0.4 is 0 Å². The van der Waals surface area contributed by atoms with E-state index in [1.165, 1.54) is 22.8 Å². The van der Waals surface area contributed by atoms with Crippen LogP contribution in [0, 0.1) is 19.8 Å². The van der Waals surface area contributed by atoms with Gasteiger partial charge in [0.25, 0.3) is 0 Å². The Morgan fingerprint density at radius 2 is 1.84 bits per heavy atom. The molecule has 0 atom stereocenters. The van der Waals surface area contributed by atoms with Crippen molar-refractivity contribution >= 4 is 11.8 Å². The van der Waals surface area contributed by atoms with Crippen molar-refractivity contribution in [3.63, 3.8) is 0 Å². The van der Waals surface area contributed by atoms with Gasteiger partial charge in [0.15, 0.2) is 0 Å². The van der Waals surface area contributed by atoms with E-state index in [-0.39, 0.29) is 17.7 Å². The standard InChI is InChI=1S/C21H28N2O2/c1-4-20(24)22-11-9-18(10-12-22)21(25)23(19-7-8-19)14-17-6-5-15(2)16(3)13-17/h4-6,13,18-19H,1,7-12,14H2,2-3H3. The van der Waals surface area contributed by atoms with Crippen LogP contribution in [0.15, 0.2) is 30.9 Å². The van der Waals surface area contributed by atoms with Gasteiger partial charge in [-0.1, -0.05) is 24.8 Å². The summed E-state index contributed by atoms with van der Waals surface area (Å²) in [7, 11) is 0. The van der Waals surface area contributed by atoms with E-state index in [1.807, 2.05) is 0 Å². The summed E-state index contributed by atoms with van der Waals surface area (Å²) >= 11 is 0. The molecule has 0 spiro atoms. The fourth-order valence-corrected chi connectivity index (χ4v) is 3.58. The summed E-state index contributed by atoms with van der Waals surface area (Å²) in [5, 5.41) is 0. The van der Waals surface area contributed by atoms with Gasteiger partial charge >= 0.3 is 0 Å². The van der Waals surface area contributed by atoms with E-state index in [0.717, 1.165) is 25.7 Å². The SMILES string of the molecule is C=CC(=O)N1CCC(C(=O)N(Cc2ccc(C)c(C)c2)C2CC2)CC1. The van der Waals surface area contributed by atoms with Gasteiger partial charge in [-0.25, -0.2) is 0 Å². The Morgan fingerprint density at radius 1 is 1.16 bits per heavy atom. The maximum absolute atomic E-state index is 13.1. The van der Waals surface area contributed by atoms with E-state index in [1.54, 1.807) is 4.90 Å². The summed E-state index contributed by atoms with van der Waals surface area (Å²) in [5.74, 6) is 0.285. The number of rotatable bonds is 5. The number of carbonyl (C=O) groups is 2. The van der Waals surface area contributed by atoms with E-state index < -0.39 is 0 Å². The van der Waals surface area contributed by atoms with E-state index >= 15 is 0 Å². The number of piperidine rings is 1. The van der Waals surface area contributed by atoms with Crippen molar-refractivity contribution in [2.75, 3.05) is 13.1 Å². The number of benzene rings is 1. The second kappa shape index (κ2) is 7.42. The minimum absolute atomic E-state index is 0.0277.